The van der Waals surface area contributed by atoms with Crippen LogP contribution in [0.3, 0.4) is 0 Å². The zero-order valence-electron chi connectivity index (χ0n) is 12.6. The molecule has 0 aliphatic heterocycles. The Morgan fingerprint density at radius 1 is 1.24 bits per heavy atom. The van der Waals surface area contributed by atoms with Crippen molar-refractivity contribution in [2.75, 3.05) is 16.8 Å². The number of thioether (sulfide) groups is 1. The summed E-state index contributed by atoms with van der Waals surface area (Å²) < 4.78 is 0. The highest BCUT2D eigenvalue weighted by atomic mass is 32.2. The molecule has 0 fully saturated rings. The van der Waals surface area contributed by atoms with Crippen LogP contribution in [0.1, 0.15) is 25.8 Å². The first-order valence-corrected chi connectivity index (χ1v) is 8.85. The van der Waals surface area contributed by atoms with Gasteiger partial charge in [-0.1, -0.05) is 43.4 Å². The Balaban J connectivity index is 2.25. The van der Waals surface area contributed by atoms with E-state index in [0.717, 1.165) is 23.1 Å². The van der Waals surface area contributed by atoms with Crippen LogP contribution in [0.2, 0.25) is 0 Å². The lowest BCUT2D eigenvalue weighted by Crippen LogP contribution is -2.17. The molecule has 0 aliphatic rings. The van der Waals surface area contributed by atoms with E-state index < -0.39 is 0 Å². The van der Waals surface area contributed by atoms with E-state index in [1.165, 1.54) is 16.9 Å². The van der Waals surface area contributed by atoms with Crippen molar-refractivity contribution < 1.29 is 0 Å². The molecule has 2 nitrogen and oxygen atoms in total. The molecule has 1 unspecified atom stereocenters. The summed E-state index contributed by atoms with van der Waals surface area (Å²) in [7, 11) is 0. The third kappa shape index (κ3) is 4.11. The lowest BCUT2D eigenvalue weighted by atomic mass is 10.0. The van der Waals surface area contributed by atoms with Crippen LogP contribution in [0.4, 0.5) is 5.69 Å². The molecule has 21 heavy (non-hydrogen) atoms. The Kier molecular flexibility index (Phi) is 5.88. The summed E-state index contributed by atoms with van der Waals surface area (Å²) in [6.45, 7) is 4.43. The van der Waals surface area contributed by atoms with E-state index in [0.29, 0.717) is 11.0 Å². The largest absolute Gasteiger partial charge is 0.389 e. The molecule has 2 rings (SSSR count). The van der Waals surface area contributed by atoms with Gasteiger partial charge in [0.1, 0.15) is 4.99 Å². The Bertz CT molecular complexity index is 625. The van der Waals surface area contributed by atoms with Gasteiger partial charge >= 0.3 is 0 Å². The number of rotatable bonds is 7. The maximum Gasteiger partial charge on any atom is 0.104 e. The number of nitrogens with one attached hydrogen (secondary N) is 1. The van der Waals surface area contributed by atoms with Gasteiger partial charge in [0.05, 0.1) is 0 Å². The minimum atomic E-state index is 0.447. The Labute approximate surface area is 136 Å². The molecule has 0 heterocycles. The predicted molar refractivity (Wildman–Crippen MR) is 101 cm³/mol. The molecule has 0 spiro atoms. The number of hydrogen-bond acceptors (Lipinski definition) is 3. The van der Waals surface area contributed by atoms with Gasteiger partial charge in [-0.15, -0.1) is 0 Å². The van der Waals surface area contributed by atoms with Crippen LogP contribution < -0.4 is 11.1 Å². The molecule has 3 N–H and O–H groups in total. The van der Waals surface area contributed by atoms with Crippen molar-refractivity contribution in [3.05, 3.63) is 42.0 Å². The molecule has 1 atom stereocenters. The molecular formula is C17H22N2S2. The van der Waals surface area contributed by atoms with Crippen LogP contribution in [0.25, 0.3) is 10.8 Å². The van der Waals surface area contributed by atoms with Crippen LogP contribution in [-0.4, -0.2) is 22.5 Å². The third-order valence-corrected chi connectivity index (χ3v) is 4.64. The number of benzene rings is 2. The van der Waals surface area contributed by atoms with Crippen LogP contribution in [0.15, 0.2) is 36.4 Å². The fraction of sp³-hybridized carbons (Fsp3) is 0.353. The van der Waals surface area contributed by atoms with Gasteiger partial charge in [-0.2, -0.15) is 11.8 Å². The van der Waals surface area contributed by atoms with Crippen molar-refractivity contribution in [3.8, 4) is 0 Å². The predicted octanol–water partition coefficient (Wildman–Crippen LogP) is 4.42. The summed E-state index contributed by atoms with van der Waals surface area (Å²) in [6, 6.07) is 12.8. The number of anilines is 1. The van der Waals surface area contributed by atoms with E-state index in [-0.39, 0.29) is 0 Å². The molecule has 2 aromatic carbocycles. The highest BCUT2D eigenvalue weighted by Gasteiger charge is 2.09. The second-order valence-electron chi connectivity index (χ2n) is 5.10. The first-order valence-electron chi connectivity index (χ1n) is 7.29. The maximum absolute atomic E-state index is 5.82. The minimum Gasteiger partial charge on any atom is -0.389 e. The first kappa shape index (κ1) is 16.1. The van der Waals surface area contributed by atoms with Crippen molar-refractivity contribution in [2.45, 2.75) is 26.3 Å². The molecule has 0 aliphatic carbocycles. The zero-order valence-corrected chi connectivity index (χ0v) is 14.2. The van der Waals surface area contributed by atoms with Gasteiger partial charge in [0.25, 0.3) is 0 Å². The summed E-state index contributed by atoms with van der Waals surface area (Å²) in [4.78, 5) is 0.449. The first-order chi connectivity index (χ1) is 10.1. The summed E-state index contributed by atoms with van der Waals surface area (Å²) in [5.74, 6) is 2.37. The smallest absolute Gasteiger partial charge is 0.104 e. The minimum absolute atomic E-state index is 0.447. The summed E-state index contributed by atoms with van der Waals surface area (Å²) in [5.41, 5.74) is 7.92. The highest BCUT2D eigenvalue weighted by Crippen LogP contribution is 2.27. The lowest BCUT2D eigenvalue weighted by molar-refractivity contribution is 0.773. The van der Waals surface area contributed by atoms with Gasteiger partial charge in [0, 0.05) is 22.7 Å². The highest BCUT2D eigenvalue weighted by molar-refractivity contribution is 7.99. The molecule has 0 amide bonds. The Hall–Kier alpha value is -1.26. The molecule has 2 aromatic rings. The molecule has 0 saturated carbocycles. The zero-order chi connectivity index (χ0) is 15.2. The van der Waals surface area contributed by atoms with Gasteiger partial charge in [-0.3, -0.25) is 0 Å². The summed E-state index contributed by atoms with van der Waals surface area (Å²) >= 11 is 7.13. The van der Waals surface area contributed by atoms with Crippen molar-refractivity contribution in [2.24, 2.45) is 5.73 Å². The van der Waals surface area contributed by atoms with E-state index in [9.17, 15) is 0 Å². The van der Waals surface area contributed by atoms with Crippen molar-refractivity contribution in [1.82, 2.24) is 0 Å². The quantitative estimate of drug-likeness (QED) is 0.585. The van der Waals surface area contributed by atoms with Crippen molar-refractivity contribution in [3.63, 3.8) is 0 Å². The average Bonchev–Trinajstić information content (AvgIpc) is 2.47. The lowest BCUT2D eigenvalue weighted by Gasteiger charge is -2.18. The van der Waals surface area contributed by atoms with Gasteiger partial charge in [-0.25, -0.2) is 0 Å². The maximum atomic E-state index is 5.82. The summed E-state index contributed by atoms with van der Waals surface area (Å²) in [6.07, 6.45) is 1.16. The van der Waals surface area contributed by atoms with Crippen LogP contribution in [0.5, 0.6) is 0 Å². The number of thiocarbonyl (C=S) groups is 1. The van der Waals surface area contributed by atoms with Crippen LogP contribution in [0, 0.1) is 0 Å². The SMILES string of the molecule is CCSCCC(C)Nc1ccc(C(N)=S)c2ccccc12. The van der Waals surface area contributed by atoms with Gasteiger partial charge in [0.2, 0.25) is 0 Å². The van der Waals surface area contributed by atoms with E-state index >= 15 is 0 Å². The van der Waals surface area contributed by atoms with E-state index in [4.69, 9.17) is 18.0 Å². The van der Waals surface area contributed by atoms with E-state index in [1.54, 1.807) is 0 Å². The Morgan fingerprint density at radius 3 is 2.62 bits per heavy atom. The molecule has 0 bridgehead atoms. The molecule has 0 radical (unpaired) electrons. The van der Waals surface area contributed by atoms with E-state index in [1.807, 2.05) is 23.9 Å². The van der Waals surface area contributed by atoms with E-state index in [2.05, 4.69) is 43.4 Å². The van der Waals surface area contributed by atoms with Crippen LogP contribution in [-0.2, 0) is 0 Å². The number of nitrogens with two attached hydrogens (primary N) is 1. The molecular weight excluding hydrogens is 296 g/mol. The number of hydrogen-bond donors (Lipinski definition) is 2. The molecule has 4 heteroatoms. The normalized spacial score (nSPS) is 12.3. The van der Waals surface area contributed by atoms with Crippen LogP contribution >= 0.6 is 24.0 Å². The monoisotopic (exact) mass is 318 g/mol. The Morgan fingerprint density at radius 2 is 1.95 bits per heavy atom. The van der Waals surface area contributed by atoms with Gasteiger partial charge in [-0.05, 0) is 42.4 Å². The van der Waals surface area contributed by atoms with Gasteiger partial charge < -0.3 is 11.1 Å². The number of fused-ring (bicyclic) bond motifs is 1. The fourth-order valence-electron chi connectivity index (χ4n) is 2.38. The third-order valence-electron chi connectivity index (χ3n) is 3.49. The second-order valence-corrected chi connectivity index (χ2v) is 6.94. The molecule has 0 saturated heterocycles. The topological polar surface area (TPSA) is 38.0 Å². The average molecular weight is 319 g/mol. The van der Waals surface area contributed by atoms with Gasteiger partial charge in [0.15, 0.2) is 0 Å². The molecule has 112 valence electrons. The summed E-state index contributed by atoms with van der Waals surface area (Å²) in [5, 5.41) is 5.91. The fourth-order valence-corrected chi connectivity index (χ4v) is 3.37. The standard InChI is InChI=1S/C17H22N2S2/c1-3-21-11-10-12(2)19-16-9-8-15(17(18)20)13-6-4-5-7-14(13)16/h4-9,12,19H,3,10-11H2,1-2H3,(H2,18,20). The molecule has 0 aromatic heterocycles. The van der Waals surface area contributed by atoms with Crippen molar-refractivity contribution >= 4 is 45.4 Å². The van der Waals surface area contributed by atoms with Crippen molar-refractivity contribution in [1.29, 1.82) is 0 Å². The second kappa shape index (κ2) is 7.66.